The van der Waals surface area contributed by atoms with Crippen LogP contribution in [0.3, 0.4) is 0 Å². The molecule has 6 heteroatoms. The second kappa shape index (κ2) is 10.2. The largest absolute Gasteiger partial charge is 3.00 e. The van der Waals surface area contributed by atoms with Crippen LogP contribution in [0.1, 0.15) is 35.3 Å². The van der Waals surface area contributed by atoms with E-state index in [2.05, 4.69) is 48.0 Å². The van der Waals surface area contributed by atoms with Gasteiger partial charge in [-0.05, 0) is 42.6 Å². The minimum atomic E-state index is -0.755. The first-order valence-corrected chi connectivity index (χ1v) is 9.39. The molecule has 2 aromatic rings. The van der Waals surface area contributed by atoms with Crippen molar-refractivity contribution in [3.05, 3.63) is 70.4 Å². The minimum absolute atomic E-state index is 0. The van der Waals surface area contributed by atoms with Crippen molar-refractivity contribution >= 4 is 23.2 Å². The standard InChI is InChI=1S/C21H26ClN3O.Pr/c1-15-10-11-25(13-15)14-20(16-6-4-3-5-7-16)24(2)17-8-9-18(21(23)26)19(22)12-17;/h3-9,12,15,20H,10-11,13-14H2,1-2H3,(H2,23,26);/q;+3/p-1. The van der Waals surface area contributed by atoms with E-state index >= 15 is 0 Å². The Labute approximate surface area is 200 Å². The number of rotatable bonds is 6. The molecule has 27 heavy (non-hydrogen) atoms. The molecule has 1 aliphatic rings. The van der Waals surface area contributed by atoms with Crippen LogP contribution in [0.2, 0.25) is 5.02 Å². The van der Waals surface area contributed by atoms with Crippen LogP contribution in [0, 0.1) is 47.2 Å². The van der Waals surface area contributed by atoms with Crippen LogP contribution >= 0.6 is 11.6 Å². The molecule has 1 aliphatic heterocycles. The summed E-state index contributed by atoms with van der Waals surface area (Å²) in [4.78, 5) is 16.1. The number of likely N-dealkylation sites (N-methyl/N-ethyl adjacent to an activating group) is 1. The summed E-state index contributed by atoms with van der Waals surface area (Å²) in [6, 6.07) is 16.0. The minimum Gasteiger partial charge on any atom is -0.664 e. The quantitative estimate of drug-likeness (QED) is 0.545. The molecule has 0 radical (unpaired) electrons. The van der Waals surface area contributed by atoms with E-state index in [1.165, 1.54) is 12.0 Å². The summed E-state index contributed by atoms with van der Waals surface area (Å²) in [6.45, 7) is 5.51. The summed E-state index contributed by atoms with van der Waals surface area (Å²) in [7, 11) is 2.06. The fraction of sp³-hybridized carbons (Fsp3) is 0.381. The molecular formula is C21H25ClN3OPr+2. The first kappa shape index (κ1) is 22.6. The van der Waals surface area contributed by atoms with Crippen LogP contribution in [-0.4, -0.2) is 37.5 Å². The zero-order valence-electron chi connectivity index (χ0n) is 15.9. The van der Waals surface area contributed by atoms with Gasteiger partial charge in [-0.3, -0.25) is 0 Å². The third-order valence-electron chi connectivity index (χ3n) is 5.20. The van der Waals surface area contributed by atoms with Crippen LogP contribution in [0.5, 0.6) is 0 Å². The molecule has 0 aromatic heterocycles. The van der Waals surface area contributed by atoms with E-state index in [1.807, 2.05) is 12.1 Å². The van der Waals surface area contributed by atoms with E-state index in [9.17, 15) is 4.79 Å². The van der Waals surface area contributed by atoms with E-state index in [1.54, 1.807) is 12.1 Å². The van der Waals surface area contributed by atoms with Gasteiger partial charge in [0.1, 0.15) is 0 Å². The molecule has 0 bridgehead atoms. The Morgan fingerprint density at radius 1 is 1.30 bits per heavy atom. The second-order valence-corrected chi connectivity index (χ2v) is 7.59. The van der Waals surface area contributed by atoms with Crippen molar-refractivity contribution in [3.63, 3.8) is 0 Å². The average Bonchev–Trinajstić information content (AvgIpc) is 3.04. The first-order valence-electron chi connectivity index (χ1n) is 9.01. The number of halogens is 1. The Kier molecular flexibility index (Phi) is 8.54. The van der Waals surface area contributed by atoms with E-state index < -0.39 is 5.91 Å². The number of benzene rings is 2. The molecule has 0 spiro atoms. The van der Waals surface area contributed by atoms with E-state index in [0.717, 1.165) is 31.2 Å². The number of carbonyl (C=O) groups excluding carboxylic acids is 1. The number of carbonyl (C=O) groups is 1. The van der Waals surface area contributed by atoms with Gasteiger partial charge in [-0.2, -0.15) is 0 Å². The summed E-state index contributed by atoms with van der Waals surface area (Å²) < 4.78 is 0. The van der Waals surface area contributed by atoms with Crippen molar-refractivity contribution in [3.8, 4) is 0 Å². The Balaban J connectivity index is 0.00000261. The van der Waals surface area contributed by atoms with E-state index in [0.29, 0.717) is 5.02 Å². The predicted octanol–water partition coefficient (Wildman–Crippen LogP) is 5.05. The monoisotopic (exact) mass is 511 g/mol. The predicted molar refractivity (Wildman–Crippen MR) is 108 cm³/mol. The Hall–Kier alpha value is -0.676. The molecule has 0 saturated carbocycles. The Bertz CT molecular complexity index is 771. The van der Waals surface area contributed by atoms with Gasteiger partial charge in [-0.15, -0.1) is 0 Å². The molecule has 1 amide bonds. The fourth-order valence-electron chi connectivity index (χ4n) is 3.65. The van der Waals surface area contributed by atoms with Crippen LogP contribution < -0.4 is 4.90 Å². The topological polar surface area (TPSA) is 47.4 Å². The van der Waals surface area contributed by atoms with Crippen LogP contribution in [0.25, 0.3) is 5.73 Å². The van der Waals surface area contributed by atoms with Crippen LogP contribution in [0.15, 0.2) is 48.5 Å². The molecule has 3 rings (SSSR count). The maximum absolute atomic E-state index is 11.3. The molecule has 2 atom stereocenters. The zero-order valence-corrected chi connectivity index (χ0v) is 20.3. The summed E-state index contributed by atoms with van der Waals surface area (Å²) in [6.07, 6.45) is 1.25. The number of anilines is 1. The fourth-order valence-corrected chi connectivity index (χ4v) is 3.91. The summed E-state index contributed by atoms with van der Waals surface area (Å²) >= 11 is 6.23. The number of amides is 1. The molecule has 2 unspecified atom stereocenters. The molecule has 1 fully saturated rings. The van der Waals surface area contributed by atoms with Gasteiger partial charge < -0.3 is 20.3 Å². The van der Waals surface area contributed by atoms with E-state index in [4.69, 9.17) is 17.3 Å². The molecule has 1 N–H and O–H groups in total. The molecule has 4 nitrogen and oxygen atoms in total. The van der Waals surface area contributed by atoms with Crippen molar-refractivity contribution < 1.29 is 46.1 Å². The number of hydrogen-bond acceptors (Lipinski definition) is 3. The molecule has 0 aliphatic carbocycles. The maximum Gasteiger partial charge on any atom is 3.00 e. The van der Waals surface area contributed by atoms with Crippen molar-refractivity contribution in [2.45, 2.75) is 19.4 Å². The third-order valence-corrected chi connectivity index (χ3v) is 5.51. The van der Waals surface area contributed by atoms with Crippen LogP contribution in [0.4, 0.5) is 5.69 Å². The van der Waals surface area contributed by atoms with Gasteiger partial charge in [0.05, 0.1) is 17.0 Å². The van der Waals surface area contributed by atoms with Crippen molar-refractivity contribution in [1.29, 1.82) is 0 Å². The second-order valence-electron chi connectivity index (χ2n) is 7.18. The number of nitrogens with zero attached hydrogens (tertiary/aromatic N) is 2. The van der Waals surface area contributed by atoms with Gasteiger partial charge in [0.2, 0.25) is 0 Å². The summed E-state index contributed by atoms with van der Waals surface area (Å²) in [5.41, 5.74) is 9.73. The summed E-state index contributed by atoms with van der Waals surface area (Å²) in [5.74, 6) is -0.0107. The molecule has 138 valence electrons. The van der Waals surface area contributed by atoms with Gasteiger partial charge in [-0.1, -0.05) is 48.9 Å². The Morgan fingerprint density at radius 3 is 2.56 bits per heavy atom. The number of likely N-dealkylation sites (tertiary alicyclic amines) is 1. The Morgan fingerprint density at radius 2 is 2.00 bits per heavy atom. The smallest absolute Gasteiger partial charge is 0.664 e. The number of hydrogen-bond donors (Lipinski definition) is 0. The van der Waals surface area contributed by atoms with Gasteiger partial charge >= 0.3 is 41.3 Å². The van der Waals surface area contributed by atoms with E-state index in [-0.39, 0.29) is 52.9 Å². The molecular weight excluding hydrogens is 487 g/mol. The van der Waals surface area contributed by atoms with Gasteiger partial charge in [-0.25, -0.2) is 0 Å². The van der Waals surface area contributed by atoms with Crippen molar-refractivity contribution in [2.24, 2.45) is 5.92 Å². The van der Waals surface area contributed by atoms with Gasteiger partial charge in [0, 0.05) is 31.4 Å². The average molecular weight is 512 g/mol. The SMILES string of the molecule is CC1CCN(CC(c2ccccc2)N(C)c2ccc(C([NH-])=O)c(Cl)c2)C1.[Pr+3]. The van der Waals surface area contributed by atoms with Crippen molar-refractivity contribution in [1.82, 2.24) is 4.90 Å². The molecule has 1 saturated heterocycles. The normalized spacial score (nSPS) is 18.0. The van der Waals surface area contributed by atoms with Gasteiger partial charge in [0.15, 0.2) is 0 Å². The maximum atomic E-state index is 11.3. The van der Waals surface area contributed by atoms with Crippen molar-refractivity contribution in [2.75, 3.05) is 31.6 Å². The molecule has 2 aromatic carbocycles. The molecule has 1 heterocycles. The van der Waals surface area contributed by atoms with Crippen LogP contribution in [-0.2, 0) is 0 Å². The number of nitrogens with one attached hydrogen (secondary N) is 1. The zero-order chi connectivity index (χ0) is 18.7. The third kappa shape index (κ3) is 5.66. The first-order chi connectivity index (χ1) is 12.5. The van der Waals surface area contributed by atoms with Gasteiger partial charge in [0.25, 0.3) is 0 Å². The summed E-state index contributed by atoms with van der Waals surface area (Å²) in [5, 5.41) is 0.330.